The Morgan fingerprint density at radius 3 is 2.70 bits per heavy atom. The number of anilines is 2. The van der Waals surface area contributed by atoms with E-state index in [-0.39, 0.29) is 30.6 Å². The van der Waals surface area contributed by atoms with Gasteiger partial charge in [-0.15, -0.1) is 10.2 Å². The van der Waals surface area contributed by atoms with Crippen LogP contribution in [0.2, 0.25) is 0 Å². The van der Waals surface area contributed by atoms with Gasteiger partial charge in [-0.05, 0) is 18.6 Å². The van der Waals surface area contributed by atoms with E-state index in [9.17, 15) is 18.0 Å². The van der Waals surface area contributed by atoms with Gasteiger partial charge in [-0.2, -0.15) is 0 Å². The number of ether oxygens (including phenoxy) is 2. The Hall–Kier alpha value is -2.38. The summed E-state index contributed by atoms with van der Waals surface area (Å²) in [6.07, 6.45) is 1.51. The van der Waals surface area contributed by atoms with Gasteiger partial charge in [-0.3, -0.25) is 13.9 Å². The molecule has 1 amide bonds. The minimum atomic E-state index is -3.53. The van der Waals surface area contributed by atoms with Crippen molar-refractivity contribution in [2.45, 2.75) is 17.2 Å². The lowest BCUT2D eigenvalue weighted by Gasteiger charge is -2.22. The molecule has 0 atom stereocenters. The third-order valence-corrected chi connectivity index (χ3v) is 6.84. The SMILES string of the molecule is COC(=O)CSc1nnc(NC(=O)CCCN(c2cccc(OC)c2)S(C)(=O)=O)s1. The van der Waals surface area contributed by atoms with Crippen molar-refractivity contribution in [3.8, 4) is 5.75 Å². The fourth-order valence-corrected chi connectivity index (χ4v) is 4.87. The van der Waals surface area contributed by atoms with Gasteiger partial charge < -0.3 is 14.8 Å². The Morgan fingerprint density at radius 1 is 1.27 bits per heavy atom. The van der Waals surface area contributed by atoms with E-state index in [1.54, 1.807) is 24.3 Å². The number of hydrogen-bond donors (Lipinski definition) is 1. The summed E-state index contributed by atoms with van der Waals surface area (Å²) in [7, 11) is -0.726. The Bertz CT molecular complexity index is 979. The zero-order chi connectivity index (χ0) is 22.1. The number of sulfonamides is 1. The van der Waals surface area contributed by atoms with Gasteiger partial charge in [0.1, 0.15) is 5.75 Å². The topological polar surface area (TPSA) is 128 Å². The molecule has 2 aromatic rings. The third-order valence-electron chi connectivity index (χ3n) is 3.70. The molecule has 0 aliphatic rings. The van der Waals surface area contributed by atoms with Gasteiger partial charge in [0.05, 0.1) is 31.9 Å². The van der Waals surface area contributed by atoms with Crippen molar-refractivity contribution in [2.75, 3.05) is 42.4 Å². The van der Waals surface area contributed by atoms with Gasteiger partial charge in [0, 0.05) is 19.0 Å². The smallest absolute Gasteiger partial charge is 0.316 e. The largest absolute Gasteiger partial charge is 0.497 e. The lowest BCUT2D eigenvalue weighted by atomic mass is 10.2. The molecule has 1 aromatic heterocycles. The Kier molecular flexibility index (Phi) is 8.87. The Labute approximate surface area is 183 Å². The van der Waals surface area contributed by atoms with Crippen molar-refractivity contribution in [3.05, 3.63) is 24.3 Å². The predicted octanol–water partition coefficient (Wildman–Crippen LogP) is 2.00. The van der Waals surface area contributed by atoms with E-state index in [2.05, 4.69) is 20.3 Å². The predicted molar refractivity (Wildman–Crippen MR) is 116 cm³/mol. The summed E-state index contributed by atoms with van der Waals surface area (Å²) >= 11 is 2.30. The standard InChI is InChI=1S/C17H22N4O6S3/c1-26-13-7-4-6-12(10-13)21(30(3,24)25)9-5-8-14(22)18-16-19-20-17(29-16)28-11-15(23)27-2/h4,6-7,10H,5,8-9,11H2,1-3H3,(H,18,19,22). The molecule has 30 heavy (non-hydrogen) atoms. The second-order valence-corrected chi connectivity index (χ2v) is 10.0. The van der Waals surface area contributed by atoms with E-state index in [0.29, 0.717) is 27.3 Å². The summed E-state index contributed by atoms with van der Waals surface area (Å²) in [4.78, 5) is 23.3. The molecule has 0 bridgehead atoms. The molecule has 1 N–H and O–H groups in total. The van der Waals surface area contributed by atoms with Gasteiger partial charge in [0.2, 0.25) is 21.1 Å². The van der Waals surface area contributed by atoms with E-state index >= 15 is 0 Å². The first-order valence-electron chi connectivity index (χ1n) is 8.67. The van der Waals surface area contributed by atoms with Crippen molar-refractivity contribution < 1.29 is 27.5 Å². The summed E-state index contributed by atoms with van der Waals surface area (Å²) in [6, 6.07) is 6.70. The molecule has 0 saturated heterocycles. The average Bonchev–Trinajstić information content (AvgIpc) is 3.15. The van der Waals surface area contributed by atoms with Gasteiger partial charge in [0.25, 0.3) is 0 Å². The lowest BCUT2D eigenvalue weighted by molar-refractivity contribution is -0.137. The molecule has 0 spiro atoms. The molecule has 0 aliphatic carbocycles. The number of thioether (sulfide) groups is 1. The quantitative estimate of drug-likeness (QED) is 0.295. The molecule has 1 heterocycles. The van der Waals surface area contributed by atoms with Crippen LogP contribution in [-0.4, -0.2) is 63.3 Å². The van der Waals surface area contributed by atoms with Crippen LogP contribution in [0.25, 0.3) is 0 Å². The van der Waals surface area contributed by atoms with Crippen molar-refractivity contribution in [2.24, 2.45) is 0 Å². The highest BCUT2D eigenvalue weighted by atomic mass is 32.2. The van der Waals surface area contributed by atoms with Crippen LogP contribution in [0.4, 0.5) is 10.8 Å². The molecule has 10 nitrogen and oxygen atoms in total. The molecule has 1 aromatic carbocycles. The maximum atomic E-state index is 12.2. The number of aromatic nitrogens is 2. The first-order chi connectivity index (χ1) is 14.2. The molecule has 0 unspecified atom stereocenters. The van der Waals surface area contributed by atoms with Crippen LogP contribution >= 0.6 is 23.1 Å². The summed E-state index contributed by atoms with van der Waals surface area (Å²) in [5.41, 5.74) is 0.466. The van der Waals surface area contributed by atoms with Crippen LogP contribution < -0.4 is 14.4 Å². The number of esters is 1. The van der Waals surface area contributed by atoms with Gasteiger partial charge in [-0.25, -0.2) is 8.42 Å². The molecular formula is C17H22N4O6S3. The monoisotopic (exact) mass is 474 g/mol. The molecule has 0 fully saturated rings. The zero-order valence-electron chi connectivity index (χ0n) is 16.7. The number of methoxy groups -OCH3 is 2. The number of nitrogens with zero attached hydrogens (tertiary/aromatic N) is 3. The highest BCUT2D eigenvalue weighted by molar-refractivity contribution is 8.01. The molecule has 0 aliphatic heterocycles. The lowest BCUT2D eigenvalue weighted by Crippen LogP contribution is -2.31. The van der Waals surface area contributed by atoms with Crippen molar-refractivity contribution in [3.63, 3.8) is 0 Å². The molecule has 164 valence electrons. The highest BCUT2D eigenvalue weighted by Crippen LogP contribution is 2.26. The number of rotatable bonds is 11. The van der Waals surface area contributed by atoms with Crippen LogP contribution in [0, 0.1) is 0 Å². The van der Waals surface area contributed by atoms with Gasteiger partial charge in [0.15, 0.2) is 4.34 Å². The number of amides is 1. The first kappa shape index (κ1) is 23.9. The number of carbonyl (C=O) groups excluding carboxylic acids is 2. The summed E-state index contributed by atoms with van der Waals surface area (Å²) in [5, 5.41) is 10.7. The van der Waals surface area contributed by atoms with Crippen LogP contribution in [0.1, 0.15) is 12.8 Å². The number of carbonyl (C=O) groups is 2. The van der Waals surface area contributed by atoms with Crippen LogP contribution in [0.15, 0.2) is 28.6 Å². The second-order valence-electron chi connectivity index (χ2n) is 5.93. The van der Waals surface area contributed by atoms with E-state index < -0.39 is 10.0 Å². The minimum Gasteiger partial charge on any atom is -0.497 e. The van der Waals surface area contributed by atoms with Gasteiger partial charge >= 0.3 is 5.97 Å². The third kappa shape index (κ3) is 7.46. The van der Waals surface area contributed by atoms with E-state index in [1.165, 1.54) is 18.5 Å². The van der Waals surface area contributed by atoms with Crippen LogP contribution in [-0.2, 0) is 24.3 Å². The summed E-state index contributed by atoms with van der Waals surface area (Å²) < 4.78 is 35.8. The van der Waals surface area contributed by atoms with Crippen molar-refractivity contribution >= 4 is 55.8 Å². The van der Waals surface area contributed by atoms with Gasteiger partial charge in [-0.1, -0.05) is 29.2 Å². The Morgan fingerprint density at radius 2 is 2.03 bits per heavy atom. The molecule has 13 heteroatoms. The Balaban J connectivity index is 1.88. The zero-order valence-corrected chi connectivity index (χ0v) is 19.1. The maximum Gasteiger partial charge on any atom is 0.316 e. The first-order valence-corrected chi connectivity index (χ1v) is 12.3. The molecule has 0 radical (unpaired) electrons. The number of nitrogens with one attached hydrogen (secondary N) is 1. The van der Waals surface area contributed by atoms with Crippen molar-refractivity contribution in [1.29, 1.82) is 0 Å². The molecular weight excluding hydrogens is 452 g/mol. The average molecular weight is 475 g/mol. The van der Waals surface area contributed by atoms with E-state index in [1.807, 2.05) is 0 Å². The summed E-state index contributed by atoms with van der Waals surface area (Å²) in [5.74, 6) is -0.0527. The molecule has 0 saturated carbocycles. The second kappa shape index (κ2) is 11.1. The summed E-state index contributed by atoms with van der Waals surface area (Å²) in [6.45, 7) is 0.135. The van der Waals surface area contributed by atoms with E-state index in [4.69, 9.17) is 4.74 Å². The number of hydrogen-bond acceptors (Lipinski definition) is 10. The fraction of sp³-hybridized carbons (Fsp3) is 0.412. The molecule has 2 rings (SSSR count). The van der Waals surface area contributed by atoms with Crippen molar-refractivity contribution in [1.82, 2.24) is 10.2 Å². The van der Waals surface area contributed by atoms with E-state index in [0.717, 1.165) is 29.4 Å². The minimum absolute atomic E-state index is 0.0974. The highest BCUT2D eigenvalue weighted by Gasteiger charge is 2.18. The van der Waals surface area contributed by atoms with Crippen LogP contribution in [0.5, 0.6) is 5.75 Å². The van der Waals surface area contributed by atoms with Crippen LogP contribution in [0.3, 0.4) is 0 Å². The number of benzene rings is 1. The fourth-order valence-electron chi connectivity index (χ4n) is 2.32. The normalized spacial score (nSPS) is 11.0. The maximum absolute atomic E-state index is 12.2.